The van der Waals surface area contributed by atoms with Crippen molar-refractivity contribution in [2.24, 2.45) is 11.3 Å². The van der Waals surface area contributed by atoms with Crippen LogP contribution in [0, 0.1) is 17.2 Å². The molecule has 53 heavy (non-hydrogen) atoms. The number of halogens is 4. The minimum atomic E-state index is -4.64. The third-order valence-corrected chi connectivity index (χ3v) is 12.3. The number of nitrogens with zero attached hydrogens (tertiary/aromatic N) is 2. The summed E-state index contributed by atoms with van der Waals surface area (Å²) in [5.41, 5.74) is -2.44. The number of benzene rings is 2. The van der Waals surface area contributed by atoms with Gasteiger partial charge in [0.15, 0.2) is 0 Å². The minimum absolute atomic E-state index is 0. The topological polar surface area (TPSA) is 154 Å². The molecule has 0 aromatic heterocycles. The summed E-state index contributed by atoms with van der Waals surface area (Å²) >= 11 is 0. The average molecular weight is 772 g/mol. The van der Waals surface area contributed by atoms with Crippen molar-refractivity contribution in [1.29, 1.82) is 0 Å². The van der Waals surface area contributed by atoms with Gasteiger partial charge in [-0.1, -0.05) is 52.3 Å². The number of rotatable bonds is 10. The Labute approximate surface area is 309 Å². The summed E-state index contributed by atoms with van der Waals surface area (Å²) in [4.78, 5) is 57.9. The van der Waals surface area contributed by atoms with Gasteiger partial charge < -0.3 is 20.3 Å². The summed E-state index contributed by atoms with van der Waals surface area (Å²) in [6.45, 7) is 6.63. The van der Waals surface area contributed by atoms with Crippen LogP contribution in [0.3, 0.4) is 0 Å². The molecule has 3 N–H and O–H groups in total. The van der Waals surface area contributed by atoms with E-state index in [1.807, 2.05) is 0 Å². The average Bonchev–Trinajstić information content (AvgIpc) is 3.97. The zero-order chi connectivity index (χ0) is 38.7. The zero-order valence-electron chi connectivity index (χ0n) is 29.8. The van der Waals surface area contributed by atoms with E-state index >= 15 is 0 Å². The van der Waals surface area contributed by atoms with E-state index in [2.05, 4.69) is 15.4 Å². The first-order chi connectivity index (χ1) is 24.7. The molecule has 2 aliphatic carbocycles. The molecule has 5 atom stereocenters. The molecule has 2 saturated carbocycles. The number of alkyl halides is 3. The fourth-order valence-electron chi connectivity index (χ4n) is 7.16. The van der Waals surface area contributed by atoms with E-state index in [1.54, 1.807) is 33.8 Å². The summed E-state index contributed by atoms with van der Waals surface area (Å²) in [6, 6.07) is 6.36. The number of carbonyl (C=O) groups excluding carboxylic acids is 4. The van der Waals surface area contributed by atoms with Gasteiger partial charge in [-0.25, -0.2) is 17.6 Å². The molecule has 0 radical (unpaired) electrons. The van der Waals surface area contributed by atoms with E-state index in [-0.39, 0.29) is 48.4 Å². The lowest BCUT2D eigenvalue weighted by Gasteiger charge is -2.36. The van der Waals surface area contributed by atoms with Crippen LogP contribution in [0.4, 0.5) is 28.0 Å². The van der Waals surface area contributed by atoms with Crippen molar-refractivity contribution >= 4 is 39.5 Å². The largest absolute Gasteiger partial charge is 0.444 e. The van der Waals surface area contributed by atoms with E-state index in [9.17, 15) is 45.2 Å². The highest BCUT2D eigenvalue weighted by Crippen LogP contribution is 2.47. The predicted molar refractivity (Wildman–Crippen MR) is 190 cm³/mol. The van der Waals surface area contributed by atoms with Gasteiger partial charge in [-0.15, -0.1) is 0 Å². The Balaban J connectivity index is 0.00000280. The number of hydrogen-bond acceptors (Lipinski definition) is 8. The van der Waals surface area contributed by atoms with Gasteiger partial charge in [0.1, 0.15) is 29.5 Å². The van der Waals surface area contributed by atoms with Crippen molar-refractivity contribution in [3.05, 3.63) is 65.0 Å². The summed E-state index contributed by atoms with van der Waals surface area (Å²) in [5.74, 6) is -3.19. The van der Waals surface area contributed by atoms with E-state index in [1.165, 1.54) is 34.1 Å². The Morgan fingerprint density at radius 3 is 2.36 bits per heavy atom. The van der Waals surface area contributed by atoms with Gasteiger partial charge in [0.05, 0.1) is 23.9 Å². The molecule has 4 aliphatic rings. The third-order valence-electron chi connectivity index (χ3n) is 10.5. The zero-order valence-corrected chi connectivity index (χ0v) is 30.6. The molecule has 2 heterocycles. The molecule has 2 aromatic carbocycles. The molecule has 6 rings (SSSR count). The monoisotopic (exact) mass is 771 g/mol. The van der Waals surface area contributed by atoms with Gasteiger partial charge >= 0.3 is 12.3 Å². The molecule has 1 saturated heterocycles. The maximum absolute atomic E-state index is 14.5. The highest BCUT2D eigenvalue weighted by molar-refractivity contribution is 7.91. The first kappa shape index (κ1) is 38.3. The molecule has 0 spiro atoms. The minimum Gasteiger partial charge on any atom is -0.444 e. The highest BCUT2D eigenvalue weighted by Gasteiger charge is 2.62. The maximum atomic E-state index is 14.5. The van der Waals surface area contributed by atoms with Gasteiger partial charge in [-0.05, 0) is 60.4 Å². The van der Waals surface area contributed by atoms with E-state index in [4.69, 9.17) is 4.74 Å². The summed E-state index contributed by atoms with van der Waals surface area (Å²) in [6.07, 6.45) is -5.25. The first-order valence-corrected chi connectivity index (χ1v) is 19.1. The second kappa shape index (κ2) is 13.8. The smallest absolute Gasteiger partial charge is 0.416 e. The molecule has 0 bridgehead atoms. The van der Waals surface area contributed by atoms with Gasteiger partial charge in [-0.2, -0.15) is 13.2 Å². The maximum Gasteiger partial charge on any atom is 0.416 e. The van der Waals surface area contributed by atoms with Gasteiger partial charge in [0.25, 0.3) is 5.91 Å². The molecule has 2 aromatic rings. The van der Waals surface area contributed by atoms with Gasteiger partial charge in [0, 0.05) is 28.5 Å². The number of fused-ring (bicyclic) bond motifs is 1. The Kier molecular flexibility index (Phi) is 9.96. The molecular formula is C36H49F4N5O7S. The standard InChI is InChI=1S/C36H43F4N5O7S.3H2/c1-5-21-16-35(21,32(48)43-53(50,51)25-12-13-25)42-30(46)28-15-24(52-33(49)44-17-20-8-6-11-27(37)26(20)19-44)18-45(28)31(47)29(34(2,3)4)41-23-10-7-9-22(14-23)36(38,39)40;;;/h6-11,14,21,24-25,28-29,41H,5,12-13,15-19H2,1-4H3,(H,42,46)(H,43,48);3*1H/t21-,24-,28+,29-,35-;;;/m1.../s1. The van der Waals surface area contributed by atoms with Crippen LogP contribution in [0.25, 0.3) is 0 Å². The summed E-state index contributed by atoms with van der Waals surface area (Å²) in [7, 11) is -3.94. The number of amides is 4. The van der Waals surface area contributed by atoms with Crippen molar-refractivity contribution in [2.75, 3.05) is 11.9 Å². The lowest BCUT2D eigenvalue weighted by Crippen LogP contribution is -2.58. The molecular weight excluding hydrogens is 722 g/mol. The van der Waals surface area contributed by atoms with E-state index in [0.29, 0.717) is 30.4 Å². The molecule has 3 fully saturated rings. The number of ether oxygens (including phenoxy) is 1. The van der Waals surface area contributed by atoms with Crippen molar-refractivity contribution in [3.63, 3.8) is 0 Å². The highest BCUT2D eigenvalue weighted by atomic mass is 32.2. The van der Waals surface area contributed by atoms with Crippen molar-refractivity contribution < 1.29 is 54.2 Å². The van der Waals surface area contributed by atoms with Crippen LogP contribution in [0.1, 0.15) is 80.8 Å². The number of anilines is 1. The van der Waals surface area contributed by atoms with E-state index < -0.39 is 85.8 Å². The molecule has 0 unspecified atom stereocenters. The second-order valence-corrected chi connectivity index (χ2v) is 17.4. The summed E-state index contributed by atoms with van der Waals surface area (Å²) < 4.78 is 88.3. The quantitative estimate of drug-likeness (QED) is 0.271. The van der Waals surface area contributed by atoms with Crippen molar-refractivity contribution in [3.8, 4) is 0 Å². The Morgan fingerprint density at radius 1 is 1.06 bits per heavy atom. The van der Waals surface area contributed by atoms with Crippen molar-refractivity contribution in [1.82, 2.24) is 19.8 Å². The Hall–Kier alpha value is -4.41. The molecule has 4 amide bonds. The van der Waals surface area contributed by atoms with Gasteiger partial charge in [-0.3, -0.25) is 24.0 Å². The lowest BCUT2D eigenvalue weighted by atomic mass is 9.85. The first-order valence-electron chi connectivity index (χ1n) is 17.6. The van der Waals surface area contributed by atoms with Crippen LogP contribution >= 0.6 is 0 Å². The van der Waals surface area contributed by atoms with Crippen LogP contribution in [-0.2, 0) is 48.4 Å². The van der Waals surface area contributed by atoms with Crippen LogP contribution in [-0.4, -0.2) is 77.6 Å². The SMILES string of the molecule is CC[C@@H]1C[C@]1(NC(=O)[C@@H]1C[C@@H](OC(=O)N2Cc3cccc(F)c3C2)CN1C(=O)[C@@H](Nc1cccc(C(F)(F)F)c1)C(C)(C)C)C(=O)NS(=O)(=O)C1CC1.[HH].[HH].[HH]. The fraction of sp³-hybridized carbons (Fsp3) is 0.556. The second-order valence-electron chi connectivity index (χ2n) is 15.4. The normalized spacial score (nSPS) is 24.6. The Bertz CT molecular complexity index is 1930. The number of hydrogen-bond donors (Lipinski definition) is 3. The summed E-state index contributed by atoms with van der Waals surface area (Å²) in [5, 5.41) is 4.96. The van der Waals surface area contributed by atoms with Crippen LogP contribution in [0.2, 0.25) is 0 Å². The van der Waals surface area contributed by atoms with Crippen LogP contribution < -0.4 is 15.4 Å². The Morgan fingerprint density at radius 2 is 1.75 bits per heavy atom. The number of likely N-dealkylation sites (tertiary alicyclic amines) is 1. The number of sulfonamides is 1. The molecule has 294 valence electrons. The lowest BCUT2D eigenvalue weighted by molar-refractivity contribution is -0.141. The number of carbonyl (C=O) groups is 4. The third kappa shape index (κ3) is 7.94. The van der Waals surface area contributed by atoms with Crippen LogP contribution in [0.15, 0.2) is 42.5 Å². The van der Waals surface area contributed by atoms with Crippen molar-refractivity contribution in [2.45, 2.75) is 108 Å². The molecule has 17 heteroatoms. The molecule has 2 aliphatic heterocycles. The predicted octanol–water partition coefficient (Wildman–Crippen LogP) is 5.42. The van der Waals surface area contributed by atoms with Gasteiger partial charge in [0.2, 0.25) is 21.8 Å². The van der Waals surface area contributed by atoms with Crippen LogP contribution in [0.5, 0.6) is 0 Å². The van der Waals surface area contributed by atoms with E-state index in [0.717, 1.165) is 12.1 Å². The number of nitrogens with one attached hydrogen (secondary N) is 3. The fourth-order valence-corrected chi connectivity index (χ4v) is 8.53. The molecule has 12 nitrogen and oxygen atoms in total.